The number of esters is 1. The van der Waals surface area contributed by atoms with Gasteiger partial charge in [0.05, 0.1) is 19.6 Å². The van der Waals surface area contributed by atoms with Gasteiger partial charge < -0.3 is 9.47 Å². The van der Waals surface area contributed by atoms with Crippen molar-refractivity contribution in [3.05, 3.63) is 0 Å². The number of morpholine rings is 1. The molecule has 0 aromatic rings. The molecule has 120 valence electrons. The molecule has 0 spiro atoms. The highest BCUT2D eigenvalue weighted by Gasteiger charge is 2.57. The van der Waals surface area contributed by atoms with Crippen molar-refractivity contribution in [1.29, 1.82) is 0 Å². The van der Waals surface area contributed by atoms with Gasteiger partial charge in [-0.25, -0.2) is 0 Å². The Balaban J connectivity index is 1.43. The average molecular weight is 295 g/mol. The third kappa shape index (κ3) is 2.98. The summed E-state index contributed by atoms with van der Waals surface area (Å²) >= 11 is 0. The Labute approximate surface area is 128 Å². The number of hydrogen-bond acceptors (Lipinski definition) is 4. The van der Waals surface area contributed by atoms with Gasteiger partial charge in [0.2, 0.25) is 0 Å². The molecule has 0 unspecified atom stereocenters. The van der Waals surface area contributed by atoms with Gasteiger partial charge in [0, 0.05) is 19.6 Å². The summed E-state index contributed by atoms with van der Waals surface area (Å²) in [5.41, 5.74) is 0.454. The highest BCUT2D eigenvalue weighted by atomic mass is 16.5. The third-order valence-electron chi connectivity index (χ3n) is 6.30. The van der Waals surface area contributed by atoms with Crippen LogP contribution in [0.4, 0.5) is 0 Å². The molecule has 4 heteroatoms. The maximum atomic E-state index is 12.1. The number of ether oxygens (including phenoxy) is 2. The van der Waals surface area contributed by atoms with E-state index in [1.807, 2.05) is 0 Å². The lowest BCUT2D eigenvalue weighted by Gasteiger charge is -2.61. The summed E-state index contributed by atoms with van der Waals surface area (Å²) in [4.78, 5) is 14.4. The van der Waals surface area contributed by atoms with Gasteiger partial charge in [-0.05, 0) is 36.0 Å². The van der Waals surface area contributed by atoms with Crippen molar-refractivity contribution >= 4 is 5.97 Å². The zero-order valence-corrected chi connectivity index (χ0v) is 13.6. The first-order valence-electron chi connectivity index (χ1n) is 8.48. The van der Waals surface area contributed by atoms with Crippen LogP contribution in [0.5, 0.6) is 0 Å². The van der Waals surface area contributed by atoms with Gasteiger partial charge >= 0.3 is 5.97 Å². The Morgan fingerprint density at radius 1 is 1.29 bits per heavy atom. The van der Waals surface area contributed by atoms with Crippen LogP contribution < -0.4 is 0 Å². The lowest BCUT2D eigenvalue weighted by molar-refractivity contribution is -0.186. The minimum absolute atomic E-state index is 0.0163. The highest BCUT2D eigenvalue weighted by molar-refractivity contribution is 5.69. The smallest absolute Gasteiger partial charge is 0.307 e. The molecule has 21 heavy (non-hydrogen) atoms. The van der Waals surface area contributed by atoms with E-state index in [0.717, 1.165) is 51.1 Å². The molecule has 4 fully saturated rings. The lowest BCUT2D eigenvalue weighted by atomic mass is 9.45. The van der Waals surface area contributed by atoms with E-state index in [9.17, 15) is 4.79 Å². The Morgan fingerprint density at radius 2 is 2.00 bits per heavy atom. The Hall–Kier alpha value is -0.610. The molecule has 0 radical (unpaired) electrons. The van der Waals surface area contributed by atoms with Gasteiger partial charge in [-0.3, -0.25) is 9.69 Å². The van der Waals surface area contributed by atoms with Crippen molar-refractivity contribution in [1.82, 2.24) is 4.90 Å². The number of carbonyl (C=O) groups excluding carboxylic acids is 1. The number of fused-ring (bicyclic) bond motifs is 2. The van der Waals surface area contributed by atoms with E-state index in [4.69, 9.17) is 9.47 Å². The van der Waals surface area contributed by atoms with E-state index in [2.05, 4.69) is 25.7 Å². The zero-order chi connectivity index (χ0) is 15.0. The summed E-state index contributed by atoms with van der Waals surface area (Å²) in [5.74, 6) is 1.97. The van der Waals surface area contributed by atoms with E-state index in [1.54, 1.807) is 0 Å². The molecule has 0 aromatic carbocycles. The maximum absolute atomic E-state index is 12.1. The van der Waals surface area contributed by atoms with E-state index < -0.39 is 0 Å². The summed E-state index contributed by atoms with van der Waals surface area (Å²) in [6.45, 7) is 11.3. The predicted octanol–water partition coefficient (Wildman–Crippen LogP) is 2.32. The molecular weight excluding hydrogens is 266 g/mol. The first-order valence-corrected chi connectivity index (χ1v) is 8.48. The largest absolute Gasteiger partial charge is 0.462 e. The van der Waals surface area contributed by atoms with Gasteiger partial charge in [0.1, 0.15) is 6.10 Å². The second kappa shape index (κ2) is 5.88. The van der Waals surface area contributed by atoms with Gasteiger partial charge in [0.25, 0.3) is 0 Å². The number of rotatable bonds is 4. The SMILES string of the molecule is C[C@@H]1[C@H]2C[C@@H](C[C@H]1OC(=O)CCN1CCOCC1)C2(C)C. The normalized spacial score (nSPS) is 38.6. The number of carbonyl (C=O) groups is 1. The standard InChI is InChI=1S/C17H29NO3/c1-12-14-10-13(17(14,2)3)11-15(12)21-16(19)4-5-18-6-8-20-9-7-18/h12-15H,4-11H2,1-3H3/t12-,13+,14-,15-/m1/s1. The number of hydrogen-bond donors (Lipinski definition) is 0. The van der Waals surface area contributed by atoms with Crippen LogP contribution in [0.3, 0.4) is 0 Å². The second-order valence-corrected chi connectivity index (χ2v) is 7.69. The fourth-order valence-corrected chi connectivity index (χ4v) is 4.56. The second-order valence-electron chi connectivity index (χ2n) is 7.69. The Kier molecular flexibility index (Phi) is 4.28. The molecule has 4 aliphatic rings. The molecule has 1 aliphatic heterocycles. The average Bonchev–Trinajstić information content (AvgIpc) is 2.47. The first-order chi connectivity index (χ1) is 9.98. The van der Waals surface area contributed by atoms with Crippen LogP contribution in [0.25, 0.3) is 0 Å². The van der Waals surface area contributed by atoms with Crippen molar-refractivity contribution in [2.45, 2.75) is 46.1 Å². The van der Waals surface area contributed by atoms with Crippen LogP contribution in [0.1, 0.15) is 40.0 Å². The molecule has 4 atom stereocenters. The van der Waals surface area contributed by atoms with Crippen LogP contribution >= 0.6 is 0 Å². The van der Waals surface area contributed by atoms with Crippen LogP contribution in [0.2, 0.25) is 0 Å². The first kappa shape index (κ1) is 15.3. The van der Waals surface area contributed by atoms with E-state index >= 15 is 0 Å². The van der Waals surface area contributed by atoms with E-state index in [0.29, 0.717) is 17.8 Å². The molecule has 2 bridgehead atoms. The molecule has 0 aromatic heterocycles. The van der Waals surface area contributed by atoms with Crippen LogP contribution in [-0.2, 0) is 14.3 Å². The van der Waals surface area contributed by atoms with Crippen molar-refractivity contribution in [3.8, 4) is 0 Å². The van der Waals surface area contributed by atoms with Crippen LogP contribution in [0, 0.1) is 23.2 Å². The van der Waals surface area contributed by atoms with Gasteiger partial charge in [-0.1, -0.05) is 20.8 Å². The summed E-state index contributed by atoms with van der Waals surface area (Å²) in [5, 5.41) is 0. The summed E-state index contributed by atoms with van der Waals surface area (Å²) < 4.78 is 11.1. The molecule has 1 saturated heterocycles. The summed E-state index contributed by atoms with van der Waals surface area (Å²) in [7, 11) is 0. The Morgan fingerprint density at radius 3 is 2.62 bits per heavy atom. The quantitative estimate of drug-likeness (QED) is 0.746. The lowest BCUT2D eigenvalue weighted by Crippen LogP contribution is -2.57. The molecule has 0 N–H and O–H groups in total. The topological polar surface area (TPSA) is 38.8 Å². The summed E-state index contributed by atoms with van der Waals surface area (Å²) in [6.07, 6.45) is 3.06. The molecule has 4 rings (SSSR count). The van der Waals surface area contributed by atoms with Gasteiger partial charge in [-0.2, -0.15) is 0 Å². The van der Waals surface area contributed by atoms with E-state index in [-0.39, 0.29) is 12.1 Å². The summed E-state index contributed by atoms with van der Waals surface area (Å²) in [6, 6.07) is 0. The molecular formula is C17H29NO3. The third-order valence-corrected chi connectivity index (χ3v) is 6.30. The van der Waals surface area contributed by atoms with Crippen molar-refractivity contribution < 1.29 is 14.3 Å². The zero-order valence-electron chi connectivity index (χ0n) is 13.6. The van der Waals surface area contributed by atoms with Crippen molar-refractivity contribution in [2.75, 3.05) is 32.8 Å². The Bertz CT molecular complexity index is 389. The molecule has 3 saturated carbocycles. The molecule has 4 nitrogen and oxygen atoms in total. The molecule has 0 amide bonds. The molecule has 3 aliphatic carbocycles. The van der Waals surface area contributed by atoms with Crippen molar-refractivity contribution in [2.24, 2.45) is 23.2 Å². The molecule has 1 heterocycles. The fourth-order valence-electron chi connectivity index (χ4n) is 4.56. The number of nitrogens with zero attached hydrogens (tertiary/aromatic N) is 1. The van der Waals surface area contributed by atoms with Crippen LogP contribution in [-0.4, -0.2) is 49.8 Å². The maximum Gasteiger partial charge on any atom is 0.307 e. The van der Waals surface area contributed by atoms with E-state index in [1.165, 1.54) is 6.42 Å². The predicted molar refractivity (Wildman–Crippen MR) is 80.9 cm³/mol. The minimum atomic E-state index is -0.0163. The van der Waals surface area contributed by atoms with Gasteiger partial charge in [-0.15, -0.1) is 0 Å². The minimum Gasteiger partial charge on any atom is -0.462 e. The van der Waals surface area contributed by atoms with Crippen LogP contribution in [0.15, 0.2) is 0 Å². The van der Waals surface area contributed by atoms with Gasteiger partial charge in [0.15, 0.2) is 0 Å². The van der Waals surface area contributed by atoms with Crippen molar-refractivity contribution in [3.63, 3.8) is 0 Å². The monoisotopic (exact) mass is 295 g/mol. The fraction of sp³-hybridized carbons (Fsp3) is 0.941. The highest BCUT2D eigenvalue weighted by Crippen LogP contribution is 2.61.